The molecule has 4 nitrogen and oxygen atoms in total. The Hall–Kier alpha value is -1.69. The first-order valence-electron chi connectivity index (χ1n) is 8.49. The molecule has 24 heavy (non-hydrogen) atoms. The molecule has 2 aromatic rings. The summed E-state index contributed by atoms with van der Waals surface area (Å²) in [6.07, 6.45) is 2.46. The standard InChI is InChI=1S/C19H24N2O2S/c22-24(23,19-9-5-2-6-10-19)21(18-11-14-20-15-12-18)16-13-17-7-3-1-4-8-17/h1-10,18,20H,11-16H2. The first-order chi connectivity index (χ1) is 11.7. The van der Waals surface area contributed by atoms with Crippen LogP contribution in [0.4, 0.5) is 0 Å². The first kappa shape index (κ1) is 17.1. The van der Waals surface area contributed by atoms with Crippen LogP contribution in [0, 0.1) is 0 Å². The van der Waals surface area contributed by atoms with E-state index in [1.165, 1.54) is 5.56 Å². The zero-order valence-electron chi connectivity index (χ0n) is 13.8. The molecule has 0 saturated carbocycles. The van der Waals surface area contributed by atoms with Gasteiger partial charge < -0.3 is 5.32 Å². The summed E-state index contributed by atoms with van der Waals surface area (Å²) in [6.45, 7) is 2.26. The Morgan fingerprint density at radius 2 is 1.50 bits per heavy atom. The molecule has 0 amide bonds. The lowest BCUT2D eigenvalue weighted by atomic mass is 10.1. The van der Waals surface area contributed by atoms with Crippen molar-refractivity contribution in [2.45, 2.75) is 30.2 Å². The highest BCUT2D eigenvalue weighted by Gasteiger charge is 2.31. The molecule has 0 radical (unpaired) electrons. The highest BCUT2D eigenvalue weighted by atomic mass is 32.2. The van der Waals surface area contributed by atoms with E-state index in [-0.39, 0.29) is 6.04 Å². The minimum Gasteiger partial charge on any atom is -0.317 e. The summed E-state index contributed by atoms with van der Waals surface area (Å²) < 4.78 is 28.0. The largest absolute Gasteiger partial charge is 0.317 e. The van der Waals surface area contributed by atoms with Gasteiger partial charge in [-0.3, -0.25) is 0 Å². The van der Waals surface area contributed by atoms with Crippen molar-refractivity contribution in [3.05, 3.63) is 66.2 Å². The number of benzene rings is 2. The van der Waals surface area contributed by atoms with Gasteiger partial charge in [-0.15, -0.1) is 0 Å². The van der Waals surface area contributed by atoms with E-state index in [2.05, 4.69) is 17.4 Å². The van der Waals surface area contributed by atoms with E-state index in [0.717, 1.165) is 32.4 Å². The lowest BCUT2D eigenvalue weighted by molar-refractivity contribution is 0.264. The second-order valence-corrected chi connectivity index (χ2v) is 8.04. The molecular formula is C19H24N2O2S. The van der Waals surface area contributed by atoms with Crippen molar-refractivity contribution in [3.63, 3.8) is 0 Å². The number of hydrogen-bond donors (Lipinski definition) is 1. The molecule has 2 aromatic carbocycles. The third kappa shape index (κ3) is 4.04. The quantitative estimate of drug-likeness (QED) is 0.876. The highest BCUT2D eigenvalue weighted by Crippen LogP contribution is 2.23. The topological polar surface area (TPSA) is 49.4 Å². The Bertz CT molecular complexity index is 726. The lowest BCUT2D eigenvalue weighted by Crippen LogP contribution is -2.46. The van der Waals surface area contributed by atoms with E-state index in [0.29, 0.717) is 11.4 Å². The van der Waals surface area contributed by atoms with Crippen LogP contribution in [0.25, 0.3) is 0 Å². The lowest BCUT2D eigenvalue weighted by Gasteiger charge is -2.33. The van der Waals surface area contributed by atoms with Crippen LogP contribution in [0.3, 0.4) is 0 Å². The number of nitrogens with one attached hydrogen (secondary N) is 1. The number of hydrogen-bond acceptors (Lipinski definition) is 3. The number of sulfonamides is 1. The van der Waals surface area contributed by atoms with Crippen molar-refractivity contribution in [1.82, 2.24) is 9.62 Å². The smallest absolute Gasteiger partial charge is 0.243 e. The maximum absolute atomic E-state index is 13.2. The van der Waals surface area contributed by atoms with E-state index >= 15 is 0 Å². The Labute approximate surface area is 144 Å². The molecule has 1 saturated heterocycles. The van der Waals surface area contributed by atoms with E-state index < -0.39 is 10.0 Å². The second kappa shape index (κ2) is 7.92. The van der Waals surface area contributed by atoms with Crippen molar-refractivity contribution >= 4 is 10.0 Å². The van der Waals surface area contributed by atoms with Crippen LogP contribution in [0.1, 0.15) is 18.4 Å². The zero-order chi connectivity index (χ0) is 16.8. The normalized spacial score (nSPS) is 16.4. The molecule has 0 atom stereocenters. The van der Waals surface area contributed by atoms with Gasteiger partial charge in [-0.05, 0) is 50.0 Å². The maximum atomic E-state index is 13.2. The number of nitrogens with zero attached hydrogens (tertiary/aromatic N) is 1. The van der Waals surface area contributed by atoms with Crippen molar-refractivity contribution in [1.29, 1.82) is 0 Å². The Balaban J connectivity index is 1.84. The van der Waals surface area contributed by atoms with Crippen LogP contribution < -0.4 is 5.32 Å². The first-order valence-corrected chi connectivity index (χ1v) is 9.93. The van der Waals surface area contributed by atoms with Crippen LogP contribution in [0.2, 0.25) is 0 Å². The molecule has 1 heterocycles. The summed E-state index contributed by atoms with van der Waals surface area (Å²) in [5, 5.41) is 3.31. The molecule has 0 bridgehead atoms. The van der Waals surface area contributed by atoms with Gasteiger partial charge in [0.25, 0.3) is 0 Å². The summed E-state index contributed by atoms with van der Waals surface area (Å²) in [5.41, 5.74) is 1.17. The van der Waals surface area contributed by atoms with Gasteiger partial charge >= 0.3 is 0 Å². The highest BCUT2D eigenvalue weighted by molar-refractivity contribution is 7.89. The molecule has 0 aliphatic carbocycles. The predicted molar refractivity (Wildman–Crippen MR) is 96.4 cm³/mol. The molecule has 1 aliphatic heterocycles. The van der Waals surface area contributed by atoms with Gasteiger partial charge in [0.15, 0.2) is 0 Å². The van der Waals surface area contributed by atoms with E-state index in [9.17, 15) is 8.42 Å². The summed E-state index contributed by atoms with van der Waals surface area (Å²) in [5.74, 6) is 0. The fourth-order valence-corrected chi connectivity index (χ4v) is 4.91. The predicted octanol–water partition coefficient (Wildman–Crippen LogP) is 2.67. The molecule has 1 fully saturated rings. The molecule has 5 heteroatoms. The van der Waals surface area contributed by atoms with Gasteiger partial charge in [-0.1, -0.05) is 48.5 Å². The molecule has 1 aliphatic rings. The van der Waals surface area contributed by atoms with Crippen molar-refractivity contribution in [2.75, 3.05) is 19.6 Å². The third-order valence-corrected chi connectivity index (χ3v) is 6.50. The van der Waals surface area contributed by atoms with Gasteiger partial charge in [-0.2, -0.15) is 4.31 Å². The summed E-state index contributed by atoms with van der Waals surface area (Å²) in [4.78, 5) is 0.386. The summed E-state index contributed by atoms with van der Waals surface area (Å²) >= 11 is 0. The minimum atomic E-state index is -3.47. The fraction of sp³-hybridized carbons (Fsp3) is 0.368. The molecule has 0 spiro atoms. The Morgan fingerprint density at radius 3 is 2.12 bits per heavy atom. The van der Waals surface area contributed by atoms with Crippen molar-refractivity contribution < 1.29 is 8.42 Å². The van der Waals surface area contributed by atoms with Crippen LogP contribution in [0.5, 0.6) is 0 Å². The van der Waals surface area contributed by atoms with Crippen LogP contribution >= 0.6 is 0 Å². The van der Waals surface area contributed by atoms with Crippen LogP contribution in [-0.2, 0) is 16.4 Å². The number of rotatable bonds is 6. The van der Waals surface area contributed by atoms with Crippen LogP contribution in [-0.4, -0.2) is 38.4 Å². The monoisotopic (exact) mass is 344 g/mol. The second-order valence-electron chi connectivity index (χ2n) is 6.15. The number of piperidine rings is 1. The van der Waals surface area contributed by atoms with Gasteiger partial charge in [0.2, 0.25) is 10.0 Å². The van der Waals surface area contributed by atoms with Gasteiger partial charge in [0, 0.05) is 12.6 Å². The fourth-order valence-electron chi connectivity index (χ4n) is 3.21. The molecule has 0 aromatic heterocycles. The zero-order valence-corrected chi connectivity index (χ0v) is 14.6. The van der Waals surface area contributed by atoms with E-state index in [4.69, 9.17) is 0 Å². The minimum absolute atomic E-state index is 0.0696. The van der Waals surface area contributed by atoms with E-state index in [1.807, 2.05) is 24.3 Å². The molecular weight excluding hydrogens is 320 g/mol. The molecule has 0 unspecified atom stereocenters. The van der Waals surface area contributed by atoms with Gasteiger partial charge in [0.1, 0.15) is 0 Å². The molecule has 128 valence electrons. The average Bonchev–Trinajstić information content (AvgIpc) is 2.64. The third-order valence-electron chi connectivity index (χ3n) is 4.53. The molecule has 3 rings (SSSR count). The Morgan fingerprint density at radius 1 is 0.917 bits per heavy atom. The summed E-state index contributed by atoms with van der Waals surface area (Å²) in [6, 6.07) is 18.9. The molecule has 1 N–H and O–H groups in total. The van der Waals surface area contributed by atoms with Crippen molar-refractivity contribution in [2.24, 2.45) is 0 Å². The summed E-state index contributed by atoms with van der Waals surface area (Å²) in [7, 11) is -3.47. The van der Waals surface area contributed by atoms with Gasteiger partial charge in [-0.25, -0.2) is 8.42 Å². The average molecular weight is 344 g/mol. The Kier molecular flexibility index (Phi) is 5.66. The SMILES string of the molecule is O=S(=O)(c1ccccc1)N(CCc1ccccc1)C1CCNCC1. The van der Waals surface area contributed by atoms with Gasteiger partial charge in [0.05, 0.1) is 4.90 Å². The maximum Gasteiger partial charge on any atom is 0.243 e. The van der Waals surface area contributed by atoms with Crippen LogP contribution in [0.15, 0.2) is 65.6 Å². The van der Waals surface area contributed by atoms with E-state index in [1.54, 1.807) is 28.6 Å². The van der Waals surface area contributed by atoms with Crippen molar-refractivity contribution in [3.8, 4) is 0 Å².